The highest BCUT2D eigenvalue weighted by Crippen LogP contribution is 2.31. The molecule has 28 nitrogen and oxygen atoms in total. The summed E-state index contributed by atoms with van der Waals surface area (Å²) in [7, 11) is -2.04. The van der Waals surface area contributed by atoms with E-state index in [1.807, 2.05) is 138 Å². The van der Waals surface area contributed by atoms with Gasteiger partial charge in [-0.05, 0) is 255 Å². The van der Waals surface area contributed by atoms with Crippen LogP contribution in [0.3, 0.4) is 0 Å². The Labute approximate surface area is 792 Å². The fraction of sp³-hybridized carbons (Fsp3) is 0.294. The molecule has 2 aliphatic carbocycles. The minimum absolute atomic E-state index is 0.130. The molecule has 6 fully saturated rings. The number of amides is 5. The van der Waals surface area contributed by atoms with Crippen LogP contribution in [0.25, 0.3) is 12.2 Å². The normalized spacial score (nSPS) is 15.4. The lowest BCUT2D eigenvalue weighted by Gasteiger charge is -2.38. The molecule has 32 heteroatoms. The van der Waals surface area contributed by atoms with Gasteiger partial charge in [-0.3, -0.25) is 38.4 Å². The summed E-state index contributed by atoms with van der Waals surface area (Å²) >= 11 is 5.32. The molecule has 0 bridgehead atoms. The van der Waals surface area contributed by atoms with E-state index in [0.717, 1.165) is 144 Å². The second-order valence-electron chi connectivity index (χ2n) is 32.4. The molecule has 6 aliphatic rings. The number of aromatic hydroxyl groups is 2. The molecule has 0 atom stereocenters. The first kappa shape index (κ1) is 101. The molecule has 16 rings (SSSR count). The Kier molecular flexibility index (Phi) is 39.1. The summed E-state index contributed by atoms with van der Waals surface area (Å²) in [5.74, 6) is 0.435. The minimum atomic E-state index is -3.53. The van der Waals surface area contributed by atoms with E-state index in [4.69, 9.17) is 31.8 Å². The minimum Gasteiger partial charge on any atom is -0.508 e. The SMILES string of the molecule is CC(=O)Oc1ccc(NC(=O)c2ccc(N3CCNCC3)cc2)cc1.CC(=O)Oc1ccc(NC(=O)c2ccc(N3CCNCC3)cc2)cc1.O=C(Cl)C1CCCCC1.O=C(Nc1ccc(O)cc1)c1ccc(N2CCN(C(=O)C3CCCCC3)CC2)cc1.O=C(Nc1ccc(O)cc1)c1ccc(N2CCN(S(=O)(=O)/C=C/c3ccccc3)CC2)cc1.O=S(=O)(Cl)/C=C/c1ccccc1. The average molecular weight is 1900 g/mol. The van der Waals surface area contributed by atoms with Crippen molar-refractivity contribution in [2.75, 3.05) is 146 Å². The maximum atomic E-state index is 12.7. The highest BCUT2D eigenvalue weighted by Gasteiger charge is 2.30. The summed E-state index contributed by atoms with van der Waals surface area (Å²) < 4.78 is 57.7. The zero-order valence-corrected chi connectivity index (χ0v) is 78.1. The molecule has 10 aromatic rings. The average Bonchev–Trinajstić information content (AvgIpc) is 0.818. The molecule has 0 radical (unpaired) electrons. The van der Waals surface area contributed by atoms with Gasteiger partial charge in [0.15, 0.2) is 0 Å². The van der Waals surface area contributed by atoms with Crippen LogP contribution in [0.5, 0.6) is 23.0 Å². The zero-order valence-electron chi connectivity index (χ0n) is 75.0. The quantitative estimate of drug-likeness (QED) is 0.0143. The molecule has 2 saturated carbocycles. The van der Waals surface area contributed by atoms with Gasteiger partial charge in [0, 0.05) is 220 Å². The first-order valence-electron chi connectivity index (χ1n) is 44.7. The van der Waals surface area contributed by atoms with Gasteiger partial charge in [0.25, 0.3) is 32.7 Å². The molecule has 134 heavy (non-hydrogen) atoms. The third-order valence-electron chi connectivity index (χ3n) is 22.7. The van der Waals surface area contributed by atoms with Crippen molar-refractivity contribution < 1.29 is 74.9 Å². The first-order chi connectivity index (χ1) is 64.6. The van der Waals surface area contributed by atoms with Crippen molar-refractivity contribution in [1.82, 2.24) is 19.8 Å². The Hall–Kier alpha value is -13.2. The van der Waals surface area contributed by atoms with Crippen molar-refractivity contribution in [3.8, 4) is 23.0 Å². The highest BCUT2D eigenvalue weighted by molar-refractivity contribution is 8.16. The van der Waals surface area contributed by atoms with E-state index in [1.54, 1.807) is 103 Å². The molecule has 0 unspecified atom stereocenters. The van der Waals surface area contributed by atoms with Crippen molar-refractivity contribution in [1.29, 1.82) is 0 Å². The predicted octanol–water partition coefficient (Wildman–Crippen LogP) is 16.7. The van der Waals surface area contributed by atoms with E-state index in [9.17, 15) is 65.4 Å². The molecule has 4 heterocycles. The fourth-order valence-corrected chi connectivity index (χ4v) is 17.3. The largest absolute Gasteiger partial charge is 0.508 e. The maximum Gasteiger partial charge on any atom is 0.308 e. The number of hydrogen-bond donors (Lipinski definition) is 8. The van der Waals surface area contributed by atoms with Gasteiger partial charge in [0.05, 0.1) is 0 Å². The zero-order chi connectivity index (χ0) is 95.2. The van der Waals surface area contributed by atoms with E-state index in [2.05, 4.69) is 51.5 Å². The van der Waals surface area contributed by atoms with Crippen LogP contribution < -0.4 is 61.0 Å². The molecular weight excluding hydrogens is 1780 g/mol. The Balaban J connectivity index is 0.000000161. The number of halogens is 2. The number of sulfonamides is 1. The number of benzene rings is 10. The third-order valence-corrected chi connectivity index (χ3v) is 25.4. The van der Waals surface area contributed by atoms with E-state index in [1.165, 1.54) is 92.4 Å². The number of anilines is 8. The Morgan fingerprint density at radius 2 is 0.649 bits per heavy atom. The van der Waals surface area contributed by atoms with Crippen molar-refractivity contribution >= 4 is 146 Å². The number of carbonyl (C=O) groups is 8. The molecule has 704 valence electrons. The lowest BCUT2D eigenvalue weighted by atomic mass is 9.88. The Morgan fingerprint density at radius 1 is 0.358 bits per heavy atom. The van der Waals surface area contributed by atoms with Crippen molar-refractivity contribution in [3.05, 3.63) is 299 Å². The van der Waals surface area contributed by atoms with Crippen LogP contribution in [-0.2, 0) is 38.3 Å². The van der Waals surface area contributed by atoms with Crippen LogP contribution in [0.15, 0.2) is 266 Å². The number of esters is 2. The summed E-state index contributed by atoms with van der Waals surface area (Å²) in [5.41, 5.74) is 10.7. The number of nitrogens with one attached hydrogen (secondary N) is 6. The van der Waals surface area contributed by atoms with Gasteiger partial charge >= 0.3 is 11.9 Å². The number of piperazine rings is 4. The van der Waals surface area contributed by atoms with Crippen LogP contribution >= 0.6 is 22.3 Å². The molecule has 8 N–H and O–H groups in total. The second-order valence-corrected chi connectivity index (χ2v) is 37.1. The number of rotatable bonds is 21. The van der Waals surface area contributed by atoms with Gasteiger partial charge in [-0.25, -0.2) is 16.8 Å². The van der Waals surface area contributed by atoms with Gasteiger partial charge in [-0.15, -0.1) is 0 Å². The van der Waals surface area contributed by atoms with Crippen LogP contribution in [0.4, 0.5) is 45.5 Å². The number of carbonyl (C=O) groups excluding carboxylic acids is 8. The molecule has 0 spiro atoms. The summed E-state index contributed by atoms with van der Waals surface area (Å²) in [5, 5.41) is 38.7. The monoisotopic (exact) mass is 1900 g/mol. The number of nitrogens with zero attached hydrogens (tertiary/aromatic N) is 6. The van der Waals surface area contributed by atoms with E-state index >= 15 is 0 Å². The number of ether oxygens (including phenoxy) is 2. The molecular formula is C102H114Cl2N12O16S2. The van der Waals surface area contributed by atoms with E-state index in [-0.39, 0.29) is 64.1 Å². The standard InChI is InChI=1S/C25H25N3O4S.C24H29N3O3.2C19H21N3O3.C8H7ClO2S.C7H11ClO/c29-24-12-8-22(9-13-24)26-25(30)21-6-10-23(11-7-21)27-15-17-28(18-16-27)33(31,32)19-14-20-4-2-1-3-5-20;28-22-12-8-20(9-13-22)25-23(29)18-6-10-21(11-7-18)26-14-16-27(17-15-26)24(30)19-4-2-1-3-5-19;2*1-14(23)25-18-8-4-16(5-9-18)21-19(24)15-2-6-17(7-3-15)22-12-10-20-11-13-22;9-12(10,11)7-6-8-4-2-1-3-5-8;8-7(9)6-4-2-1-3-5-6/h1-14,19,29H,15-18H2,(H,26,30);6-13,19,28H,1-5,14-17H2,(H,25,29);2*2-9,20H,10-13H2,1H3,(H,21,24);1-7H;6H,1-5H2/b19-14+;;;;7-6+;. The van der Waals surface area contributed by atoms with Crippen molar-refractivity contribution in [2.24, 2.45) is 11.8 Å². The van der Waals surface area contributed by atoms with E-state index < -0.39 is 19.1 Å². The summed E-state index contributed by atoms with van der Waals surface area (Å²) in [6, 6.07) is 74.5. The highest BCUT2D eigenvalue weighted by atomic mass is 35.7. The topological polar surface area (TPSA) is 355 Å². The third kappa shape index (κ3) is 33.8. The summed E-state index contributed by atoms with van der Waals surface area (Å²) in [6.45, 7) is 15.6. The van der Waals surface area contributed by atoms with Gasteiger partial charge in [-0.2, -0.15) is 4.31 Å². The summed E-state index contributed by atoms with van der Waals surface area (Å²) in [6.07, 6.45) is 14.5. The van der Waals surface area contributed by atoms with Gasteiger partial charge < -0.3 is 76.1 Å². The lowest BCUT2D eigenvalue weighted by Crippen LogP contribution is -2.50. The molecule has 4 aliphatic heterocycles. The molecule has 0 aromatic heterocycles. The number of hydrogen-bond acceptors (Lipinski definition) is 22. The Morgan fingerprint density at radius 3 is 0.948 bits per heavy atom. The van der Waals surface area contributed by atoms with Crippen LogP contribution in [0, 0.1) is 11.8 Å². The van der Waals surface area contributed by atoms with Crippen LogP contribution in [-0.4, -0.2) is 188 Å². The molecule has 5 amide bonds. The van der Waals surface area contributed by atoms with Crippen molar-refractivity contribution in [2.45, 2.75) is 78.1 Å². The number of phenolic OH excluding ortho intramolecular Hbond substituents is 2. The molecule has 4 saturated heterocycles. The maximum absolute atomic E-state index is 12.7. The fourth-order valence-electron chi connectivity index (χ4n) is 15.4. The van der Waals surface area contributed by atoms with Gasteiger partial charge in [0.2, 0.25) is 21.2 Å². The van der Waals surface area contributed by atoms with Gasteiger partial charge in [0.1, 0.15) is 23.0 Å². The van der Waals surface area contributed by atoms with Crippen molar-refractivity contribution in [3.63, 3.8) is 0 Å². The van der Waals surface area contributed by atoms with Crippen LogP contribution in [0.1, 0.15) is 131 Å². The second kappa shape index (κ2) is 51.7. The predicted molar refractivity (Wildman–Crippen MR) is 531 cm³/mol. The first-order valence-corrected chi connectivity index (χ1v) is 49.0. The summed E-state index contributed by atoms with van der Waals surface area (Å²) in [4.78, 5) is 106. The number of phenols is 2. The van der Waals surface area contributed by atoms with Crippen LogP contribution in [0.2, 0.25) is 0 Å². The smallest absolute Gasteiger partial charge is 0.308 e. The van der Waals surface area contributed by atoms with Gasteiger partial charge in [-0.1, -0.05) is 99.2 Å². The lowest BCUT2D eigenvalue weighted by molar-refractivity contribution is -0.137. The molecule has 10 aromatic carbocycles. The Bertz CT molecular complexity index is 5630. The van der Waals surface area contributed by atoms with E-state index in [0.29, 0.717) is 88.6 Å².